The summed E-state index contributed by atoms with van der Waals surface area (Å²) in [4.78, 5) is 11.2. The lowest BCUT2D eigenvalue weighted by Crippen LogP contribution is -2.51. The maximum Gasteiger partial charge on any atom is 0.132 e. The number of rotatable bonds is 4. The lowest BCUT2D eigenvalue weighted by atomic mass is 9.96. The number of nitrogens with one attached hydrogen (secondary N) is 1. The van der Waals surface area contributed by atoms with Crippen molar-refractivity contribution in [1.82, 2.24) is 15.3 Å². The van der Waals surface area contributed by atoms with Crippen LogP contribution in [0.2, 0.25) is 0 Å². The average molecular weight is 248 g/mol. The molecular weight excluding hydrogens is 224 g/mol. The smallest absolute Gasteiger partial charge is 0.132 e. The van der Waals surface area contributed by atoms with Gasteiger partial charge in [-0.3, -0.25) is 0 Å². The summed E-state index contributed by atoms with van der Waals surface area (Å²) in [6.07, 6.45) is 5.69. The average Bonchev–Trinajstić information content (AvgIpc) is 2.39. The summed E-state index contributed by atoms with van der Waals surface area (Å²) in [5.41, 5.74) is 0. The van der Waals surface area contributed by atoms with Gasteiger partial charge in [0.25, 0.3) is 0 Å². The maximum atomic E-state index is 4.58. The van der Waals surface area contributed by atoms with Crippen LogP contribution in [0.15, 0.2) is 12.3 Å². The number of aromatic nitrogens is 2. The highest BCUT2D eigenvalue weighted by molar-refractivity contribution is 5.40. The van der Waals surface area contributed by atoms with Crippen molar-refractivity contribution in [3.05, 3.63) is 18.1 Å². The molecule has 0 saturated carbocycles. The molecule has 0 amide bonds. The molecule has 0 spiro atoms. The molecule has 2 heterocycles. The molecule has 0 bridgehead atoms. The van der Waals surface area contributed by atoms with Gasteiger partial charge < -0.3 is 10.2 Å². The lowest BCUT2D eigenvalue weighted by Gasteiger charge is -2.40. The van der Waals surface area contributed by atoms with E-state index in [1.807, 2.05) is 19.2 Å². The molecule has 1 aliphatic rings. The minimum absolute atomic E-state index is 0.505. The standard InChI is InChI=1S/C14H24N4/c1-4-15-11(2)13-7-5-6-10-18(13)14-8-9-16-12(3)17-14/h8-9,11,13,15H,4-7,10H2,1-3H3. The molecule has 2 unspecified atom stereocenters. The molecule has 4 heteroatoms. The Hall–Kier alpha value is -1.16. The summed E-state index contributed by atoms with van der Waals surface area (Å²) in [6, 6.07) is 3.09. The molecular formula is C14H24N4. The Morgan fingerprint density at radius 1 is 1.50 bits per heavy atom. The summed E-state index contributed by atoms with van der Waals surface area (Å²) in [5.74, 6) is 1.94. The van der Waals surface area contributed by atoms with Crippen LogP contribution < -0.4 is 10.2 Å². The van der Waals surface area contributed by atoms with Gasteiger partial charge in [0, 0.05) is 24.8 Å². The number of piperidine rings is 1. The molecule has 1 saturated heterocycles. The Morgan fingerprint density at radius 3 is 3.06 bits per heavy atom. The fraction of sp³-hybridized carbons (Fsp3) is 0.714. The third-order valence-electron chi connectivity index (χ3n) is 3.71. The molecule has 100 valence electrons. The first kappa shape index (κ1) is 13.3. The summed E-state index contributed by atoms with van der Waals surface area (Å²) in [7, 11) is 0. The van der Waals surface area contributed by atoms with Crippen molar-refractivity contribution in [3.63, 3.8) is 0 Å². The second kappa shape index (κ2) is 6.14. The van der Waals surface area contributed by atoms with Crippen molar-refractivity contribution in [2.75, 3.05) is 18.0 Å². The minimum Gasteiger partial charge on any atom is -0.352 e. The number of likely N-dealkylation sites (N-methyl/N-ethyl adjacent to an activating group) is 1. The van der Waals surface area contributed by atoms with E-state index in [0.717, 1.165) is 24.7 Å². The predicted molar refractivity (Wildman–Crippen MR) is 74.9 cm³/mol. The third kappa shape index (κ3) is 2.99. The zero-order chi connectivity index (χ0) is 13.0. The number of aryl methyl sites for hydroxylation is 1. The number of hydrogen-bond donors (Lipinski definition) is 1. The van der Waals surface area contributed by atoms with Crippen LogP contribution in [0.4, 0.5) is 5.82 Å². The van der Waals surface area contributed by atoms with E-state index in [-0.39, 0.29) is 0 Å². The van der Waals surface area contributed by atoms with Gasteiger partial charge in [-0.2, -0.15) is 0 Å². The van der Waals surface area contributed by atoms with Crippen molar-refractivity contribution in [3.8, 4) is 0 Å². The molecule has 18 heavy (non-hydrogen) atoms. The van der Waals surface area contributed by atoms with Gasteiger partial charge in [0.05, 0.1) is 0 Å². The molecule has 0 aromatic carbocycles. The van der Waals surface area contributed by atoms with Crippen LogP contribution in [0.1, 0.15) is 38.9 Å². The summed E-state index contributed by atoms with van der Waals surface area (Å²) < 4.78 is 0. The van der Waals surface area contributed by atoms with Crippen LogP contribution >= 0.6 is 0 Å². The van der Waals surface area contributed by atoms with E-state index in [2.05, 4.69) is 34.0 Å². The fourth-order valence-corrected chi connectivity index (χ4v) is 2.82. The van der Waals surface area contributed by atoms with Gasteiger partial charge in [-0.25, -0.2) is 9.97 Å². The highest BCUT2D eigenvalue weighted by Gasteiger charge is 2.27. The lowest BCUT2D eigenvalue weighted by molar-refractivity contribution is 0.370. The topological polar surface area (TPSA) is 41.0 Å². The first-order chi connectivity index (χ1) is 8.72. The van der Waals surface area contributed by atoms with E-state index in [1.165, 1.54) is 19.3 Å². The zero-order valence-electron chi connectivity index (χ0n) is 11.7. The van der Waals surface area contributed by atoms with Crippen LogP contribution in [0, 0.1) is 6.92 Å². The fourth-order valence-electron chi connectivity index (χ4n) is 2.82. The molecule has 2 rings (SSSR count). The van der Waals surface area contributed by atoms with Crippen molar-refractivity contribution < 1.29 is 0 Å². The number of anilines is 1. The van der Waals surface area contributed by atoms with Gasteiger partial charge in [0.1, 0.15) is 11.6 Å². The Bertz CT molecular complexity index is 380. The van der Waals surface area contributed by atoms with E-state index in [4.69, 9.17) is 0 Å². The van der Waals surface area contributed by atoms with Gasteiger partial charge in [0.2, 0.25) is 0 Å². The molecule has 1 fully saturated rings. The molecule has 1 aromatic heterocycles. The van der Waals surface area contributed by atoms with Gasteiger partial charge in [-0.1, -0.05) is 6.92 Å². The number of hydrogen-bond acceptors (Lipinski definition) is 4. The van der Waals surface area contributed by atoms with Gasteiger partial charge in [-0.15, -0.1) is 0 Å². The van der Waals surface area contributed by atoms with Crippen LogP contribution in [-0.4, -0.2) is 35.1 Å². The molecule has 2 atom stereocenters. The van der Waals surface area contributed by atoms with Gasteiger partial charge >= 0.3 is 0 Å². The van der Waals surface area contributed by atoms with Crippen LogP contribution in [-0.2, 0) is 0 Å². The van der Waals surface area contributed by atoms with E-state index in [9.17, 15) is 0 Å². The molecule has 4 nitrogen and oxygen atoms in total. The molecule has 1 aliphatic heterocycles. The van der Waals surface area contributed by atoms with E-state index < -0.39 is 0 Å². The largest absolute Gasteiger partial charge is 0.352 e. The van der Waals surface area contributed by atoms with E-state index >= 15 is 0 Å². The van der Waals surface area contributed by atoms with Crippen LogP contribution in [0.3, 0.4) is 0 Å². The van der Waals surface area contributed by atoms with Gasteiger partial charge in [0.15, 0.2) is 0 Å². The SMILES string of the molecule is CCNC(C)C1CCCCN1c1ccnc(C)n1. The monoisotopic (exact) mass is 248 g/mol. The van der Waals surface area contributed by atoms with Crippen molar-refractivity contribution in [2.24, 2.45) is 0 Å². The van der Waals surface area contributed by atoms with Crippen molar-refractivity contribution in [2.45, 2.75) is 52.1 Å². The Labute approximate surface area is 110 Å². The molecule has 1 N–H and O–H groups in total. The van der Waals surface area contributed by atoms with Crippen molar-refractivity contribution in [1.29, 1.82) is 0 Å². The molecule has 1 aromatic rings. The van der Waals surface area contributed by atoms with E-state index in [1.54, 1.807) is 0 Å². The molecule has 0 aliphatic carbocycles. The zero-order valence-corrected chi connectivity index (χ0v) is 11.7. The molecule has 0 radical (unpaired) electrons. The Morgan fingerprint density at radius 2 is 2.33 bits per heavy atom. The van der Waals surface area contributed by atoms with E-state index in [0.29, 0.717) is 12.1 Å². The highest BCUT2D eigenvalue weighted by Crippen LogP contribution is 2.24. The third-order valence-corrected chi connectivity index (χ3v) is 3.71. The maximum absolute atomic E-state index is 4.58. The highest BCUT2D eigenvalue weighted by atomic mass is 15.2. The number of nitrogens with zero attached hydrogens (tertiary/aromatic N) is 3. The second-order valence-electron chi connectivity index (χ2n) is 5.06. The first-order valence-corrected chi connectivity index (χ1v) is 7.02. The van der Waals surface area contributed by atoms with Crippen molar-refractivity contribution >= 4 is 5.82 Å². The van der Waals surface area contributed by atoms with Crippen LogP contribution in [0.5, 0.6) is 0 Å². The Balaban J connectivity index is 2.17. The quantitative estimate of drug-likeness (QED) is 0.886. The summed E-state index contributed by atoms with van der Waals surface area (Å²) in [6.45, 7) is 8.53. The summed E-state index contributed by atoms with van der Waals surface area (Å²) >= 11 is 0. The van der Waals surface area contributed by atoms with Gasteiger partial charge in [-0.05, 0) is 45.7 Å². The Kier molecular flexibility index (Phi) is 4.53. The first-order valence-electron chi connectivity index (χ1n) is 7.02. The minimum atomic E-state index is 0.505. The van der Waals surface area contributed by atoms with Crippen LogP contribution in [0.25, 0.3) is 0 Å². The summed E-state index contributed by atoms with van der Waals surface area (Å²) in [5, 5.41) is 3.54. The normalized spacial score (nSPS) is 21.9. The second-order valence-corrected chi connectivity index (χ2v) is 5.06. The predicted octanol–water partition coefficient (Wildman–Crippen LogP) is 2.14.